The summed E-state index contributed by atoms with van der Waals surface area (Å²) in [6.07, 6.45) is -3.21. The van der Waals surface area contributed by atoms with Crippen LogP contribution in [-0.2, 0) is 22.1 Å². The summed E-state index contributed by atoms with van der Waals surface area (Å²) in [6.45, 7) is 2.25. The van der Waals surface area contributed by atoms with Gasteiger partial charge in [0.05, 0.1) is 5.56 Å². The quantitative estimate of drug-likeness (QED) is 0.928. The van der Waals surface area contributed by atoms with Crippen molar-refractivity contribution in [2.45, 2.75) is 44.5 Å². The number of carbonyl (C=O) groups excluding carboxylic acids is 1. The van der Waals surface area contributed by atoms with Crippen molar-refractivity contribution in [3.8, 4) is 0 Å². The summed E-state index contributed by atoms with van der Waals surface area (Å²) in [6, 6.07) is 5.05. The molecule has 6 heteroatoms. The van der Waals surface area contributed by atoms with Crippen LogP contribution < -0.4 is 5.32 Å². The van der Waals surface area contributed by atoms with Gasteiger partial charge in [-0.15, -0.1) is 0 Å². The van der Waals surface area contributed by atoms with Crippen LogP contribution in [-0.4, -0.2) is 24.7 Å². The number of hydrogen-bond donors (Lipinski definition) is 1. The van der Waals surface area contributed by atoms with E-state index in [-0.39, 0.29) is 23.9 Å². The summed E-state index contributed by atoms with van der Waals surface area (Å²) in [5.74, 6) is -0.246. The van der Waals surface area contributed by atoms with Crippen LogP contribution in [0.4, 0.5) is 13.2 Å². The van der Waals surface area contributed by atoms with Gasteiger partial charge in [0.25, 0.3) is 0 Å². The predicted molar refractivity (Wildman–Crippen MR) is 71.7 cm³/mol. The number of ether oxygens (including phenoxy) is 1. The monoisotopic (exact) mass is 301 g/mol. The maximum atomic E-state index is 12.9. The highest BCUT2D eigenvalue weighted by molar-refractivity contribution is 5.81. The number of rotatable bonds is 4. The number of benzene rings is 1. The first-order valence-electron chi connectivity index (χ1n) is 6.95. The molecule has 116 valence electrons. The molecule has 0 aliphatic carbocycles. The van der Waals surface area contributed by atoms with Gasteiger partial charge < -0.3 is 10.1 Å². The van der Waals surface area contributed by atoms with Crippen LogP contribution in [0.2, 0.25) is 0 Å². The average molecular weight is 301 g/mol. The summed E-state index contributed by atoms with van der Waals surface area (Å²) in [5, 5.41) is 2.72. The van der Waals surface area contributed by atoms with Crippen LogP contribution in [0.5, 0.6) is 0 Å². The van der Waals surface area contributed by atoms with Crippen LogP contribution in [0.3, 0.4) is 0 Å². The first kappa shape index (κ1) is 15.8. The molecule has 3 nitrogen and oxygen atoms in total. The average Bonchev–Trinajstić information content (AvgIpc) is 2.91. The largest absolute Gasteiger partial charge is 0.416 e. The molecule has 0 aromatic heterocycles. The van der Waals surface area contributed by atoms with E-state index < -0.39 is 17.8 Å². The van der Waals surface area contributed by atoms with E-state index in [0.29, 0.717) is 13.0 Å². The molecule has 1 aliphatic heterocycles. The number of halogens is 3. The predicted octanol–water partition coefficient (Wildman–Crippen LogP) is 2.93. The Morgan fingerprint density at radius 2 is 2.14 bits per heavy atom. The third kappa shape index (κ3) is 4.20. The molecule has 21 heavy (non-hydrogen) atoms. The smallest absolute Gasteiger partial charge is 0.368 e. The van der Waals surface area contributed by atoms with Gasteiger partial charge in [0.1, 0.15) is 6.10 Å². The Labute approximate surface area is 121 Å². The van der Waals surface area contributed by atoms with Gasteiger partial charge >= 0.3 is 6.18 Å². The highest BCUT2D eigenvalue weighted by Gasteiger charge is 2.33. The fraction of sp³-hybridized carbons (Fsp3) is 0.533. The summed E-state index contributed by atoms with van der Waals surface area (Å²) >= 11 is 0. The van der Waals surface area contributed by atoms with Crippen molar-refractivity contribution >= 4 is 5.91 Å². The Morgan fingerprint density at radius 1 is 1.43 bits per heavy atom. The topological polar surface area (TPSA) is 38.3 Å². The minimum atomic E-state index is -4.38. The first-order chi connectivity index (χ1) is 9.88. The number of alkyl halides is 3. The van der Waals surface area contributed by atoms with E-state index in [9.17, 15) is 18.0 Å². The highest BCUT2D eigenvalue weighted by Crippen LogP contribution is 2.32. The zero-order valence-electron chi connectivity index (χ0n) is 11.7. The van der Waals surface area contributed by atoms with Gasteiger partial charge in [0, 0.05) is 12.6 Å². The maximum Gasteiger partial charge on any atom is 0.416 e. The Morgan fingerprint density at radius 3 is 2.76 bits per heavy atom. The van der Waals surface area contributed by atoms with E-state index in [1.165, 1.54) is 12.1 Å². The summed E-state index contributed by atoms with van der Waals surface area (Å²) < 4.78 is 44.0. The number of carbonyl (C=O) groups is 1. The second-order valence-corrected chi connectivity index (χ2v) is 5.27. The van der Waals surface area contributed by atoms with Gasteiger partial charge in [0.15, 0.2) is 0 Å². The SMILES string of the molecule is CC(Cc1ccccc1C(F)(F)F)NC(=O)C1CCCO1. The van der Waals surface area contributed by atoms with Gasteiger partial charge in [-0.25, -0.2) is 0 Å². The summed E-state index contributed by atoms with van der Waals surface area (Å²) in [5.41, 5.74) is -0.464. The van der Waals surface area contributed by atoms with Crippen LogP contribution in [0.15, 0.2) is 24.3 Å². The molecule has 1 fully saturated rings. The molecule has 0 radical (unpaired) electrons. The zero-order valence-corrected chi connectivity index (χ0v) is 11.7. The van der Waals surface area contributed by atoms with Crippen molar-refractivity contribution < 1.29 is 22.7 Å². The molecule has 2 atom stereocenters. The normalized spacial score (nSPS) is 20.3. The van der Waals surface area contributed by atoms with E-state index in [0.717, 1.165) is 12.5 Å². The molecule has 1 aliphatic rings. The molecule has 1 aromatic carbocycles. The number of amides is 1. The van der Waals surface area contributed by atoms with Crippen LogP contribution in [0.1, 0.15) is 30.9 Å². The van der Waals surface area contributed by atoms with Gasteiger partial charge in [-0.3, -0.25) is 4.79 Å². The molecule has 0 spiro atoms. The second kappa shape index (κ2) is 6.47. The Kier molecular flexibility index (Phi) is 4.88. The van der Waals surface area contributed by atoms with E-state index in [1.54, 1.807) is 13.0 Å². The number of nitrogens with one attached hydrogen (secondary N) is 1. The molecular weight excluding hydrogens is 283 g/mol. The van der Waals surface area contributed by atoms with E-state index in [1.807, 2.05) is 0 Å². The number of hydrogen-bond acceptors (Lipinski definition) is 2. The van der Waals surface area contributed by atoms with E-state index >= 15 is 0 Å². The Hall–Kier alpha value is -1.56. The lowest BCUT2D eigenvalue weighted by Crippen LogP contribution is -2.40. The van der Waals surface area contributed by atoms with Gasteiger partial charge in [-0.05, 0) is 37.8 Å². The molecule has 1 saturated heterocycles. The molecule has 1 N–H and O–H groups in total. The van der Waals surface area contributed by atoms with Gasteiger partial charge in [-0.1, -0.05) is 18.2 Å². The van der Waals surface area contributed by atoms with Crippen LogP contribution >= 0.6 is 0 Å². The van der Waals surface area contributed by atoms with E-state index in [2.05, 4.69) is 5.32 Å². The summed E-state index contributed by atoms with van der Waals surface area (Å²) in [7, 11) is 0. The molecule has 1 heterocycles. The van der Waals surface area contributed by atoms with Crippen molar-refractivity contribution in [3.63, 3.8) is 0 Å². The lowest BCUT2D eigenvalue weighted by Gasteiger charge is -2.19. The highest BCUT2D eigenvalue weighted by atomic mass is 19.4. The van der Waals surface area contributed by atoms with Crippen molar-refractivity contribution in [3.05, 3.63) is 35.4 Å². The van der Waals surface area contributed by atoms with Gasteiger partial charge in [0.2, 0.25) is 5.91 Å². The zero-order chi connectivity index (χ0) is 15.5. The lowest BCUT2D eigenvalue weighted by molar-refractivity contribution is -0.138. The van der Waals surface area contributed by atoms with Crippen molar-refractivity contribution in [1.82, 2.24) is 5.32 Å². The van der Waals surface area contributed by atoms with E-state index in [4.69, 9.17) is 4.74 Å². The van der Waals surface area contributed by atoms with Gasteiger partial charge in [-0.2, -0.15) is 13.2 Å². The lowest BCUT2D eigenvalue weighted by atomic mass is 10.0. The third-order valence-electron chi connectivity index (χ3n) is 3.46. The maximum absolute atomic E-state index is 12.9. The molecule has 2 rings (SSSR count). The first-order valence-corrected chi connectivity index (χ1v) is 6.95. The molecule has 2 unspecified atom stereocenters. The Balaban J connectivity index is 1.99. The molecule has 0 saturated carbocycles. The minimum Gasteiger partial charge on any atom is -0.368 e. The molecule has 1 aromatic rings. The van der Waals surface area contributed by atoms with Crippen molar-refractivity contribution in [1.29, 1.82) is 0 Å². The van der Waals surface area contributed by atoms with Crippen LogP contribution in [0, 0.1) is 0 Å². The molecule has 1 amide bonds. The van der Waals surface area contributed by atoms with Crippen molar-refractivity contribution in [2.75, 3.05) is 6.61 Å². The fourth-order valence-electron chi connectivity index (χ4n) is 2.48. The fourth-order valence-corrected chi connectivity index (χ4v) is 2.48. The standard InChI is InChI=1S/C15H18F3NO2/c1-10(19-14(20)13-7-4-8-21-13)9-11-5-2-3-6-12(11)15(16,17)18/h2-3,5-6,10,13H,4,7-9H2,1H3,(H,19,20). The minimum absolute atomic E-state index is 0.133. The molecule has 0 bridgehead atoms. The van der Waals surface area contributed by atoms with Crippen molar-refractivity contribution in [2.24, 2.45) is 0 Å². The second-order valence-electron chi connectivity index (χ2n) is 5.27. The Bertz CT molecular complexity index is 496. The summed E-state index contributed by atoms with van der Waals surface area (Å²) in [4.78, 5) is 11.9. The van der Waals surface area contributed by atoms with Crippen LogP contribution in [0.25, 0.3) is 0 Å². The third-order valence-corrected chi connectivity index (χ3v) is 3.46. The molecular formula is C15H18F3NO2.